The summed E-state index contributed by atoms with van der Waals surface area (Å²) in [6.07, 6.45) is 3.07. The maximum absolute atomic E-state index is 11.9. The normalized spacial score (nSPS) is 12.1. The molecule has 5 heteroatoms. The first kappa shape index (κ1) is 14.7. The zero-order valence-corrected chi connectivity index (χ0v) is 11.5. The van der Waals surface area contributed by atoms with E-state index < -0.39 is 12.0 Å². The van der Waals surface area contributed by atoms with Crippen molar-refractivity contribution in [1.82, 2.24) is 5.32 Å². The first-order chi connectivity index (χ1) is 8.58. The number of hydrogen-bond acceptors (Lipinski definition) is 3. The van der Waals surface area contributed by atoms with E-state index in [1.165, 1.54) is 11.3 Å². The van der Waals surface area contributed by atoms with Crippen LogP contribution in [0.2, 0.25) is 0 Å². The van der Waals surface area contributed by atoms with Gasteiger partial charge in [0.15, 0.2) is 0 Å². The van der Waals surface area contributed by atoms with E-state index in [0.29, 0.717) is 11.3 Å². The zero-order valence-electron chi connectivity index (χ0n) is 10.7. The number of aliphatic carboxylic acids is 1. The lowest BCUT2D eigenvalue weighted by molar-refractivity contribution is -0.139. The van der Waals surface area contributed by atoms with Crippen LogP contribution in [-0.2, 0) is 11.2 Å². The Labute approximate surface area is 111 Å². The van der Waals surface area contributed by atoms with Crippen molar-refractivity contribution in [3.8, 4) is 0 Å². The number of amides is 1. The Balaban J connectivity index is 2.62. The maximum Gasteiger partial charge on any atom is 0.326 e. The minimum Gasteiger partial charge on any atom is -0.480 e. The van der Waals surface area contributed by atoms with Gasteiger partial charge >= 0.3 is 5.97 Å². The molecule has 2 N–H and O–H groups in total. The minimum absolute atomic E-state index is 0.289. The fraction of sp³-hybridized carbons (Fsp3) is 0.538. The summed E-state index contributed by atoms with van der Waals surface area (Å²) in [6.45, 7) is 4.02. The highest BCUT2D eigenvalue weighted by Crippen LogP contribution is 2.17. The van der Waals surface area contributed by atoms with Crippen molar-refractivity contribution < 1.29 is 14.7 Å². The molecule has 1 unspecified atom stereocenters. The molecule has 0 aliphatic rings. The van der Waals surface area contributed by atoms with Gasteiger partial charge in [0.05, 0.1) is 4.88 Å². The van der Waals surface area contributed by atoms with Gasteiger partial charge in [-0.25, -0.2) is 4.79 Å². The van der Waals surface area contributed by atoms with Gasteiger partial charge in [-0.3, -0.25) is 4.79 Å². The zero-order chi connectivity index (χ0) is 13.5. The van der Waals surface area contributed by atoms with Crippen LogP contribution in [0.15, 0.2) is 12.1 Å². The monoisotopic (exact) mass is 269 g/mol. The lowest BCUT2D eigenvalue weighted by Gasteiger charge is -2.13. The number of thiophene rings is 1. The van der Waals surface area contributed by atoms with Crippen LogP contribution in [0.1, 0.15) is 47.7 Å². The first-order valence-electron chi connectivity index (χ1n) is 6.20. The molecule has 100 valence electrons. The Morgan fingerprint density at radius 1 is 1.39 bits per heavy atom. The van der Waals surface area contributed by atoms with Crippen LogP contribution in [-0.4, -0.2) is 23.0 Å². The predicted molar refractivity (Wildman–Crippen MR) is 72.1 cm³/mol. The van der Waals surface area contributed by atoms with E-state index >= 15 is 0 Å². The summed E-state index contributed by atoms with van der Waals surface area (Å²) in [5.41, 5.74) is 0. The average molecular weight is 269 g/mol. The smallest absolute Gasteiger partial charge is 0.326 e. The number of unbranched alkanes of at least 4 members (excludes halogenated alkanes) is 1. The highest BCUT2D eigenvalue weighted by atomic mass is 32.1. The van der Waals surface area contributed by atoms with Gasteiger partial charge in [0.25, 0.3) is 5.91 Å². The Hall–Kier alpha value is -1.36. The van der Waals surface area contributed by atoms with Crippen molar-refractivity contribution in [2.24, 2.45) is 0 Å². The molecule has 0 aliphatic heterocycles. The van der Waals surface area contributed by atoms with E-state index in [9.17, 15) is 9.59 Å². The molecule has 0 aromatic carbocycles. The lowest BCUT2D eigenvalue weighted by atomic mass is 10.1. The molecule has 1 atom stereocenters. The van der Waals surface area contributed by atoms with Gasteiger partial charge < -0.3 is 10.4 Å². The predicted octanol–water partition coefficient (Wildman–Crippen LogP) is 2.68. The molecule has 0 saturated carbocycles. The number of aryl methyl sites for hydroxylation is 1. The van der Waals surface area contributed by atoms with E-state index in [4.69, 9.17) is 5.11 Å². The second kappa shape index (κ2) is 7.16. The molecule has 1 amide bonds. The molecule has 0 spiro atoms. The van der Waals surface area contributed by atoms with Crippen molar-refractivity contribution in [3.63, 3.8) is 0 Å². The number of carbonyl (C=O) groups excluding carboxylic acids is 1. The highest BCUT2D eigenvalue weighted by Gasteiger charge is 2.20. The van der Waals surface area contributed by atoms with Crippen molar-refractivity contribution in [1.29, 1.82) is 0 Å². The summed E-state index contributed by atoms with van der Waals surface area (Å²) in [6, 6.07) is 2.86. The largest absolute Gasteiger partial charge is 0.480 e. The number of rotatable bonds is 7. The van der Waals surface area contributed by atoms with E-state index in [1.807, 2.05) is 19.9 Å². The van der Waals surface area contributed by atoms with Crippen molar-refractivity contribution >= 4 is 23.2 Å². The van der Waals surface area contributed by atoms with Gasteiger partial charge in [-0.15, -0.1) is 11.3 Å². The van der Waals surface area contributed by atoms with E-state index in [-0.39, 0.29) is 5.91 Å². The number of hydrogen-bond donors (Lipinski definition) is 2. The average Bonchev–Trinajstić information content (AvgIpc) is 2.82. The number of carboxylic acid groups (broad SMARTS) is 1. The van der Waals surface area contributed by atoms with E-state index in [0.717, 1.165) is 24.1 Å². The molecule has 18 heavy (non-hydrogen) atoms. The molecule has 4 nitrogen and oxygen atoms in total. The molecule has 1 rings (SSSR count). The molecular formula is C13H19NO3S. The fourth-order valence-corrected chi connectivity index (χ4v) is 2.44. The van der Waals surface area contributed by atoms with E-state index in [1.54, 1.807) is 6.07 Å². The van der Waals surface area contributed by atoms with Gasteiger partial charge in [-0.1, -0.05) is 26.7 Å². The van der Waals surface area contributed by atoms with Gasteiger partial charge in [0.1, 0.15) is 6.04 Å². The van der Waals surface area contributed by atoms with Crippen molar-refractivity contribution in [2.75, 3.05) is 0 Å². The van der Waals surface area contributed by atoms with Crippen LogP contribution < -0.4 is 5.32 Å². The third-order valence-corrected chi connectivity index (χ3v) is 3.91. The third kappa shape index (κ3) is 4.14. The van der Waals surface area contributed by atoms with Gasteiger partial charge in [-0.05, 0) is 25.0 Å². The second-order valence-electron chi connectivity index (χ2n) is 4.13. The molecular weight excluding hydrogens is 250 g/mol. The standard InChI is InChI=1S/C13H19NO3S/c1-3-5-6-10(13(16)17)14-12(15)11-8-7-9(4-2)18-11/h7-8,10H,3-6H2,1-2H3,(H,14,15)(H,16,17). The highest BCUT2D eigenvalue weighted by molar-refractivity contribution is 7.14. The van der Waals surface area contributed by atoms with Crippen LogP contribution in [0.5, 0.6) is 0 Å². The second-order valence-corrected chi connectivity index (χ2v) is 5.29. The Kier molecular flexibility index (Phi) is 5.85. The summed E-state index contributed by atoms with van der Waals surface area (Å²) in [5.74, 6) is -1.26. The first-order valence-corrected chi connectivity index (χ1v) is 7.02. The van der Waals surface area contributed by atoms with Crippen LogP contribution in [0.25, 0.3) is 0 Å². The number of carboxylic acids is 1. The summed E-state index contributed by atoms with van der Waals surface area (Å²) in [7, 11) is 0. The van der Waals surface area contributed by atoms with Crippen LogP contribution in [0, 0.1) is 0 Å². The Bertz CT molecular complexity index is 414. The van der Waals surface area contributed by atoms with Crippen LogP contribution in [0.3, 0.4) is 0 Å². The van der Waals surface area contributed by atoms with E-state index in [2.05, 4.69) is 5.32 Å². The number of carbonyl (C=O) groups is 2. The molecule has 1 aromatic heterocycles. The molecule has 0 aliphatic carbocycles. The SMILES string of the molecule is CCCCC(NC(=O)c1ccc(CC)s1)C(=O)O. The quantitative estimate of drug-likeness (QED) is 0.799. The van der Waals surface area contributed by atoms with Crippen LogP contribution >= 0.6 is 11.3 Å². The molecule has 1 heterocycles. The van der Waals surface area contributed by atoms with Crippen molar-refractivity contribution in [3.05, 3.63) is 21.9 Å². The summed E-state index contributed by atoms with van der Waals surface area (Å²) in [5, 5.41) is 11.6. The number of nitrogens with one attached hydrogen (secondary N) is 1. The maximum atomic E-state index is 11.9. The van der Waals surface area contributed by atoms with Gasteiger partial charge in [-0.2, -0.15) is 0 Å². The molecule has 1 aromatic rings. The molecule has 0 radical (unpaired) electrons. The summed E-state index contributed by atoms with van der Waals surface area (Å²) < 4.78 is 0. The molecule has 0 fully saturated rings. The Morgan fingerprint density at radius 2 is 2.11 bits per heavy atom. The fourth-order valence-electron chi connectivity index (χ4n) is 1.58. The topological polar surface area (TPSA) is 66.4 Å². The summed E-state index contributed by atoms with van der Waals surface area (Å²) in [4.78, 5) is 24.6. The molecule has 0 saturated heterocycles. The van der Waals surface area contributed by atoms with Gasteiger partial charge in [0.2, 0.25) is 0 Å². The summed E-state index contributed by atoms with van der Waals surface area (Å²) >= 11 is 1.41. The molecule has 0 bridgehead atoms. The Morgan fingerprint density at radius 3 is 2.61 bits per heavy atom. The minimum atomic E-state index is -0.968. The van der Waals surface area contributed by atoms with Crippen molar-refractivity contribution in [2.45, 2.75) is 45.6 Å². The third-order valence-electron chi connectivity index (χ3n) is 2.68. The van der Waals surface area contributed by atoms with Gasteiger partial charge in [0, 0.05) is 4.88 Å². The van der Waals surface area contributed by atoms with Crippen LogP contribution in [0.4, 0.5) is 0 Å². The lowest BCUT2D eigenvalue weighted by Crippen LogP contribution is -2.40.